The Morgan fingerprint density at radius 2 is 2.03 bits per heavy atom. The van der Waals surface area contributed by atoms with Crippen LogP contribution >= 0.6 is 22.9 Å². The third-order valence-electron chi connectivity index (χ3n) is 5.40. The van der Waals surface area contributed by atoms with E-state index in [-0.39, 0.29) is 5.91 Å². The molecule has 152 valence electrons. The first-order valence-electron chi connectivity index (χ1n) is 10.0. The number of aromatic nitrogens is 3. The molecular formula is C23H21ClN4OS. The van der Waals surface area contributed by atoms with E-state index >= 15 is 0 Å². The highest BCUT2D eigenvalue weighted by Crippen LogP contribution is 2.34. The predicted molar refractivity (Wildman–Crippen MR) is 120 cm³/mol. The first kappa shape index (κ1) is 19.3. The summed E-state index contributed by atoms with van der Waals surface area (Å²) >= 11 is 7.85. The molecule has 5 rings (SSSR count). The number of rotatable bonds is 6. The van der Waals surface area contributed by atoms with Gasteiger partial charge in [0, 0.05) is 22.6 Å². The SMILES string of the molecule is Cc1nn(Cc2ccccc2Cl)c2sc(C(=O)N(Cc3ccccn3)C3CC3)cc12. The third-order valence-corrected chi connectivity index (χ3v) is 6.91. The molecule has 3 heterocycles. The lowest BCUT2D eigenvalue weighted by Crippen LogP contribution is -2.32. The lowest BCUT2D eigenvalue weighted by Gasteiger charge is -2.21. The molecule has 0 saturated heterocycles. The Morgan fingerprint density at radius 1 is 1.23 bits per heavy atom. The van der Waals surface area contributed by atoms with Gasteiger partial charge in [-0.3, -0.25) is 14.5 Å². The molecule has 1 aromatic carbocycles. The fourth-order valence-corrected chi connectivity index (χ4v) is 4.99. The van der Waals surface area contributed by atoms with Crippen LogP contribution in [0.4, 0.5) is 0 Å². The second-order valence-electron chi connectivity index (χ2n) is 7.65. The van der Waals surface area contributed by atoms with Crippen LogP contribution in [-0.4, -0.2) is 31.6 Å². The Morgan fingerprint density at radius 3 is 2.77 bits per heavy atom. The summed E-state index contributed by atoms with van der Waals surface area (Å²) in [6.07, 6.45) is 3.89. The first-order chi connectivity index (χ1) is 14.6. The summed E-state index contributed by atoms with van der Waals surface area (Å²) in [7, 11) is 0. The summed E-state index contributed by atoms with van der Waals surface area (Å²) in [5.74, 6) is 0.0769. The smallest absolute Gasteiger partial charge is 0.264 e. The summed E-state index contributed by atoms with van der Waals surface area (Å²) in [6.45, 7) is 3.11. The minimum Gasteiger partial charge on any atom is -0.329 e. The fourth-order valence-electron chi connectivity index (χ4n) is 3.67. The van der Waals surface area contributed by atoms with Crippen molar-refractivity contribution in [1.82, 2.24) is 19.7 Å². The first-order valence-corrected chi connectivity index (χ1v) is 11.2. The monoisotopic (exact) mass is 436 g/mol. The van der Waals surface area contributed by atoms with Crippen molar-refractivity contribution in [3.05, 3.63) is 81.6 Å². The molecule has 1 aliphatic carbocycles. The van der Waals surface area contributed by atoms with Gasteiger partial charge in [0.25, 0.3) is 5.91 Å². The molecule has 30 heavy (non-hydrogen) atoms. The molecule has 0 unspecified atom stereocenters. The molecule has 0 spiro atoms. The van der Waals surface area contributed by atoms with Crippen molar-refractivity contribution < 1.29 is 4.79 Å². The number of thiophene rings is 1. The van der Waals surface area contributed by atoms with Crippen LogP contribution in [0.25, 0.3) is 10.2 Å². The van der Waals surface area contributed by atoms with Crippen molar-refractivity contribution in [1.29, 1.82) is 0 Å². The van der Waals surface area contributed by atoms with E-state index in [1.54, 1.807) is 6.20 Å². The number of halogens is 1. The Hall–Kier alpha value is -2.70. The van der Waals surface area contributed by atoms with Crippen molar-refractivity contribution in [3.63, 3.8) is 0 Å². The van der Waals surface area contributed by atoms with E-state index in [0.29, 0.717) is 19.1 Å². The number of nitrogens with zero attached hydrogens (tertiary/aromatic N) is 4. The maximum absolute atomic E-state index is 13.4. The molecule has 1 aliphatic rings. The number of fused-ring (bicyclic) bond motifs is 1. The van der Waals surface area contributed by atoms with E-state index < -0.39 is 0 Å². The molecule has 5 nitrogen and oxygen atoms in total. The van der Waals surface area contributed by atoms with Gasteiger partial charge in [0.15, 0.2) is 0 Å². The van der Waals surface area contributed by atoms with E-state index in [0.717, 1.165) is 49.9 Å². The summed E-state index contributed by atoms with van der Waals surface area (Å²) in [6, 6.07) is 15.9. The van der Waals surface area contributed by atoms with Crippen LogP contribution in [0.15, 0.2) is 54.7 Å². The number of hydrogen-bond donors (Lipinski definition) is 0. The molecular weight excluding hydrogens is 416 g/mol. The Labute approximate surface area is 183 Å². The number of aryl methyl sites for hydroxylation is 1. The van der Waals surface area contributed by atoms with Gasteiger partial charge in [0.05, 0.1) is 29.4 Å². The molecule has 1 fully saturated rings. The molecule has 0 atom stereocenters. The van der Waals surface area contributed by atoms with Crippen LogP contribution < -0.4 is 0 Å². The second kappa shape index (κ2) is 7.85. The second-order valence-corrected chi connectivity index (χ2v) is 9.09. The molecule has 3 aromatic heterocycles. The van der Waals surface area contributed by atoms with Gasteiger partial charge in [-0.1, -0.05) is 35.9 Å². The van der Waals surface area contributed by atoms with Gasteiger partial charge >= 0.3 is 0 Å². The lowest BCUT2D eigenvalue weighted by molar-refractivity contribution is 0.0733. The number of carbonyl (C=O) groups is 1. The van der Waals surface area contributed by atoms with Crippen LogP contribution in [-0.2, 0) is 13.1 Å². The highest BCUT2D eigenvalue weighted by Gasteiger charge is 2.34. The largest absolute Gasteiger partial charge is 0.329 e. The van der Waals surface area contributed by atoms with Crippen molar-refractivity contribution in [2.24, 2.45) is 0 Å². The molecule has 0 radical (unpaired) electrons. The minimum absolute atomic E-state index is 0.0769. The number of benzene rings is 1. The number of carbonyl (C=O) groups excluding carboxylic acids is 1. The quantitative estimate of drug-likeness (QED) is 0.411. The van der Waals surface area contributed by atoms with Crippen molar-refractivity contribution in [2.75, 3.05) is 0 Å². The Bertz CT molecular complexity index is 1210. The summed E-state index contributed by atoms with van der Waals surface area (Å²) in [5, 5.41) is 6.44. The normalized spacial score (nSPS) is 13.7. The number of pyridine rings is 1. The summed E-state index contributed by atoms with van der Waals surface area (Å²) < 4.78 is 1.95. The fraction of sp³-hybridized carbons (Fsp3) is 0.261. The van der Waals surface area contributed by atoms with Gasteiger partial charge in [-0.05, 0) is 49.6 Å². The van der Waals surface area contributed by atoms with Crippen LogP contribution in [0.1, 0.15) is 39.5 Å². The third kappa shape index (κ3) is 3.73. The van der Waals surface area contributed by atoms with Crippen LogP contribution in [0.3, 0.4) is 0 Å². The van der Waals surface area contributed by atoms with Crippen LogP contribution in [0, 0.1) is 6.92 Å². The molecule has 1 amide bonds. The van der Waals surface area contributed by atoms with Gasteiger partial charge < -0.3 is 4.90 Å². The van der Waals surface area contributed by atoms with Crippen molar-refractivity contribution >= 4 is 39.1 Å². The maximum Gasteiger partial charge on any atom is 0.264 e. The van der Waals surface area contributed by atoms with E-state index in [1.165, 1.54) is 11.3 Å². The van der Waals surface area contributed by atoms with Gasteiger partial charge in [-0.25, -0.2) is 0 Å². The van der Waals surface area contributed by atoms with Crippen molar-refractivity contribution in [3.8, 4) is 0 Å². The lowest BCUT2D eigenvalue weighted by atomic mass is 10.2. The zero-order valence-corrected chi connectivity index (χ0v) is 18.2. The molecule has 0 N–H and O–H groups in total. The van der Waals surface area contributed by atoms with Gasteiger partial charge in [0.2, 0.25) is 0 Å². The average molecular weight is 437 g/mol. The zero-order valence-electron chi connectivity index (χ0n) is 16.6. The topological polar surface area (TPSA) is 51.0 Å². The van der Waals surface area contributed by atoms with Crippen LogP contribution in [0.2, 0.25) is 5.02 Å². The average Bonchev–Trinajstić information content (AvgIpc) is 3.43. The van der Waals surface area contributed by atoms with E-state index in [2.05, 4.69) is 10.1 Å². The Balaban J connectivity index is 1.45. The van der Waals surface area contributed by atoms with E-state index in [4.69, 9.17) is 11.6 Å². The Kier molecular flexibility index (Phi) is 5.05. The van der Waals surface area contributed by atoms with Crippen molar-refractivity contribution in [2.45, 2.75) is 38.9 Å². The molecule has 4 aromatic rings. The number of amides is 1. The minimum atomic E-state index is 0.0769. The molecule has 0 aliphatic heterocycles. The summed E-state index contributed by atoms with van der Waals surface area (Å²) in [4.78, 5) is 21.5. The standard InChI is InChI=1S/C23H21ClN4OS/c1-15-19-12-21(22(29)27(18-9-10-18)14-17-7-4-5-11-25-17)30-23(19)28(26-15)13-16-6-2-3-8-20(16)24/h2-8,11-12,18H,9-10,13-14H2,1H3. The van der Waals surface area contributed by atoms with Gasteiger partial charge in [-0.2, -0.15) is 5.10 Å². The number of hydrogen-bond acceptors (Lipinski definition) is 4. The molecule has 1 saturated carbocycles. The zero-order chi connectivity index (χ0) is 20.7. The molecule has 7 heteroatoms. The maximum atomic E-state index is 13.4. The van der Waals surface area contributed by atoms with E-state index in [9.17, 15) is 4.79 Å². The van der Waals surface area contributed by atoms with Gasteiger partial charge in [0.1, 0.15) is 4.83 Å². The van der Waals surface area contributed by atoms with Gasteiger partial charge in [-0.15, -0.1) is 11.3 Å². The van der Waals surface area contributed by atoms with Crippen LogP contribution in [0.5, 0.6) is 0 Å². The predicted octanol–water partition coefficient (Wildman–Crippen LogP) is 5.31. The highest BCUT2D eigenvalue weighted by atomic mass is 35.5. The highest BCUT2D eigenvalue weighted by molar-refractivity contribution is 7.20. The summed E-state index contributed by atoms with van der Waals surface area (Å²) in [5.41, 5.74) is 2.86. The van der Waals surface area contributed by atoms with E-state index in [1.807, 2.05) is 65.0 Å². The molecule has 0 bridgehead atoms.